The second kappa shape index (κ2) is 5.21. The molecule has 1 amide bonds. The van der Waals surface area contributed by atoms with Crippen LogP contribution in [0.15, 0.2) is 24.3 Å². The molecule has 1 unspecified atom stereocenters. The molecule has 1 aliphatic rings. The van der Waals surface area contributed by atoms with E-state index in [4.69, 9.17) is 0 Å². The Kier molecular flexibility index (Phi) is 3.67. The molecular weight excluding hydrogens is 214 g/mol. The van der Waals surface area contributed by atoms with Crippen LogP contribution in [-0.2, 0) is 0 Å². The smallest absolute Gasteiger partial charge is 0.257 e. The summed E-state index contributed by atoms with van der Waals surface area (Å²) >= 11 is 0. The minimum atomic E-state index is -0.0327. The molecule has 1 saturated heterocycles. The average molecular weight is 233 g/mol. The SMILES string of the molecule is CCC1CCCCN1C(=O)c1ccccc1O. The van der Waals surface area contributed by atoms with E-state index < -0.39 is 0 Å². The molecule has 0 bridgehead atoms. The highest BCUT2D eigenvalue weighted by atomic mass is 16.3. The molecule has 1 aromatic carbocycles. The van der Waals surface area contributed by atoms with Gasteiger partial charge in [0.25, 0.3) is 5.91 Å². The fourth-order valence-electron chi connectivity index (χ4n) is 2.50. The number of benzene rings is 1. The van der Waals surface area contributed by atoms with Crippen molar-refractivity contribution >= 4 is 5.91 Å². The monoisotopic (exact) mass is 233 g/mol. The number of rotatable bonds is 2. The Balaban J connectivity index is 2.21. The van der Waals surface area contributed by atoms with Gasteiger partial charge in [-0.25, -0.2) is 0 Å². The van der Waals surface area contributed by atoms with Crippen LogP contribution in [0.5, 0.6) is 5.75 Å². The quantitative estimate of drug-likeness (QED) is 0.853. The average Bonchev–Trinajstić information content (AvgIpc) is 2.38. The van der Waals surface area contributed by atoms with Gasteiger partial charge >= 0.3 is 0 Å². The Morgan fingerprint density at radius 3 is 2.88 bits per heavy atom. The van der Waals surface area contributed by atoms with E-state index in [9.17, 15) is 9.90 Å². The summed E-state index contributed by atoms with van der Waals surface area (Å²) in [4.78, 5) is 14.3. The molecule has 1 aromatic rings. The Labute approximate surface area is 102 Å². The number of carbonyl (C=O) groups excluding carboxylic acids is 1. The van der Waals surface area contributed by atoms with Gasteiger partial charge in [-0.15, -0.1) is 0 Å². The zero-order valence-corrected chi connectivity index (χ0v) is 10.2. The van der Waals surface area contributed by atoms with Gasteiger partial charge in [0.1, 0.15) is 5.75 Å². The van der Waals surface area contributed by atoms with Crippen LogP contribution in [0.1, 0.15) is 43.0 Å². The van der Waals surface area contributed by atoms with Crippen molar-refractivity contribution in [3.63, 3.8) is 0 Å². The van der Waals surface area contributed by atoms with Crippen LogP contribution in [0.3, 0.4) is 0 Å². The number of phenolic OH excluding ortho intramolecular Hbond substituents is 1. The topological polar surface area (TPSA) is 40.5 Å². The van der Waals surface area contributed by atoms with Crippen molar-refractivity contribution in [2.24, 2.45) is 0 Å². The molecule has 1 atom stereocenters. The molecule has 0 spiro atoms. The number of phenols is 1. The molecule has 3 heteroatoms. The molecule has 0 radical (unpaired) electrons. The van der Waals surface area contributed by atoms with E-state index >= 15 is 0 Å². The molecule has 0 saturated carbocycles. The third-order valence-electron chi connectivity index (χ3n) is 3.49. The number of amides is 1. The number of carbonyl (C=O) groups is 1. The van der Waals surface area contributed by atoms with Gasteiger partial charge in [-0.1, -0.05) is 19.1 Å². The van der Waals surface area contributed by atoms with E-state index in [2.05, 4.69) is 6.92 Å². The highest BCUT2D eigenvalue weighted by molar-refractivity contribution is 5.97. The van der Waals surface area contributed by atoms with Gasteiger partial charge in [0.15, 0.2) is 0 Å². The number of nitrogens with zero attached hydrogens (tertiary/aromatic N) is 1. The number of aromatic hydroxyl groups is 1. The number of hydrogen-bond acceptors (Lipinski definition) is 2. The van der Waals surface area contributed by atoms with Gasteiger partial charge in [0.2, 0.25) is 0 Å². The third-order valence-corrected chi connectivity index (χ3v) is 3.49. The first-order valence-electron chi connectivity index (χ1n) is 6.33. The van der Waals surface area contributed by atoms with E-state index in [0.717, 1.165) is 25.8 Å². The van der Waals surface area contributed by atoms with Crippen LogP contribution in [0.2, 0.25) is 0 Å². The Hall–Kier alpha value is -1.51. The van der Waals surface area contributed by atoms with Crippen molar-refractivity contribution in [2.45, 2.75) is 38.6 Å². The minimum Gasteiger partial charge on any atom is -0.507 e. The second-order valence-electron chi connectivity index (χ2n) is 4.57. The highest BCUT2D eigenvalue weighted by Crippen LogP contribution is 2.24. The largest absolute Gasteiger partial charge is 0.507 e. The fourth-order valence-corrected chi connectivity index (χ4v) is 2.50. The number of para-hydroxylation sites is 1. The Morgan fingerprint density at radius 1 is 1.41 bits per heavy atom. The summed E-state index contributed by atoms with van der Waals surface area (Å²) in [6.45, 7) is 2.92. The number of hydrogen-bond donors (Lipinski definition) is 1. The number of likely N-dealkylation sites (tertiary alicyclic amines) is 1. The highest BCUT2D eigenvalue weighted by Gasteiger charge is 2.27. The van der Waals surface area contributed by atoms with Gasteiger partial charge < -0.3 is 10.0 Å². The lowest BCUT2D eigenvalue weighted by Crippen LogP contribution is -2.43. The first kappa shape index (κ1) is 12.0. The summed E-state index contributed by atoms with van der Waals surface area (Å²) in [5.74, 6) is 0.0487. The van der Waals surface area contributed by atoms with Crippen LogP contribution >= 0.6 is 0 Å². The predicted octanol–water partition coefficient (Wildman–Crippen LogP) is 2.80. The van der Waals surface area contributed by atoms with Gasteiger partial charge in [-0.3, -0.25) is 4.79 Å². The molecule has 1 aliphatic heterocycles. The van der Waals surface area contributed by atoms with Crippen molar-refractivity contribution in [3.05, 3.63) is 29.8 Å². The zero-order valence-electron chi connectivity index (χ0n) is 10.2. The van der Waals surface area contributed by atoms with Crippen LogP contribution in [-0.4, -0.2) is 28.5 Å². The first-order chi connectivity index (χ1) is 8.24. The maximum Gasteiger partial charge on any atom is 0.257 e. The lowest BCUT2D eigenvalue weighted by Gasteiger charge is -2.35. The molecular formula is C14H19NO2. The van der Waals surface area contributed by atoms with E-state index in [1.165, 1.54) is 6.42 Å². The number of piperidine rings is 1. The second-order valence-corrected chi connectivity index (χ2v) is 4.57. The van der Waals surface area contributed by atoms with Gasteiger partial charge in [0, 0.05) is 12.6 Å². The maximum atomic E-state index is 12.4. The maximum absolute atomic E-state index is 12.4. The molecule has 1 N–H and O–H groups in total. The fraction of sp³-hybridized carbons (Fsp3) is 0.500. The first-order valence-corrected chi connectivity index (χ1v) is 6.33. The van der Waals surface area contributed by atoms with E-state index in [1.807, 2.05) is 4.90 Å². The third kappa shape index (κ3) is 2.43. The van der Waals surface area contributed by atoms with Gasteiger partial charge in [-0.05, 0) is 37.8 Å². The van der Waals surface area contributed by atoms with Crippen LogP contribution in [0.4, 0.5) is 0 Å². The summed E-state index contributed by atoms with van der Waals surface area (Å²) in [5.41, 5.74) is 0.424. The van der Waals surface area contributed by atoms with Crippen molar-refractivity contribution < 1.29 is 9.90 Å². The van der Waals surface area contributed by atoms with E-state index in [-0.39, 0.29) is 11.7 Å². The zero-order chi connectivity index (χ0) is 12.3. The molecule has 17 heavy (non-hydrogen) atoms. The van der Waals surface area contributed by atoms with E-state index in [1.54, 1.807) is 24.3 Å². The molecule has 2 rings (SSSR count). The summed E-state index contributed by atoms with van der Waals surface area (Å²) < 4.78 is 0. The van der Waals surface area contributed by atoms with Crippen molar-refractivity contribution in [1.29, 1.82) is 0 Å². The van der Waals surface area contributed by atoms with Crippen molar-refractivity contribution in [1.82, 2.24) is 4.90 Å². The normalized spacial score (nSPS) is 20.3. The summed E-state index contributed by atoms with van der Waals surface area (Å²) in [6.07, 6.45) is 4.33. The van der Waals surface area contributed by atoms with Crippen molar-refractivity contribution in [3.8, 4) is 5.75 Å². The Morgan fingerprint density at radius 2 is 2.18 bits per heavy atom. The van der Waals surface area contributed by atoms with Gasteiger partial charge in [-0.2, -0.15) is 0 Å². The Bertz CT molecular complexity index is 403. The van der Waals surface area contributed by atoms with Crippen LogP contribution in [0.25, 0.3) is 0 Å². The minimum absolute atomic E-state index is 0.0327. The molecule has 1 fully saturated rings. The molecule has 0 aromatic heterocycles. The van der Waals surface area contributed by atoms with Crippen LogP contribution in [0, 0.1) is 0 Å². The van der Waals surface area contributed by atoms with E-state index in [0.29, 0.717) is 11.6 Å². The lowest BCUT2D eigenvalue weighted by atomic mass is 9.98. The van der Waals surface area contributed by atoms with Crippen molar-refractivity contribution in [2.75, 3.05) is 6.54 Å². The molecule has 92 valence electrons. The molecule has 1 heterocycles. The summed E-state index contributed by atoms with van der Waals surface area (Å²) in [5, 5.41) is 9.72. The standard InChI is InChI=1S/C14H19NO2/c1-2-11-7-5-6-10-15(11)14(17)12-8-3-4-9-13(12)16/h3-4,8-9,11,16H,2,5-7,10H2,1H3. The molecule has 3 nitrogen and oxygen atoms in total. The van der Waals surface area contributed by atoms with Gasteiger partial charge in [0.05, 0.1) is 5.56 Å². The summed E-state index contributed by atoms with van der Waals surface area (Å²) in [6, 6.07) is 7.12. The lowest BCUT2D eigenvalue weighted by molar-refractivity contribution is 0.0605. The molecule has 0 aliphatic carbocycles. The predicted molar refractivity (Wildman–Crippen MR) is 67.1 cm³/mol. The summed E-state index contributed by atoms with van der Waals surface area (Å²) in [7, 11) is 0. The van der Waals surface area contributed by atoms with Crippen LogP contribution < -0.4 is 0 Å².